The molecule has 1 N–H and O–H groups in total. The van der Waals surface area contributed by atoms with Crippen LogP contribution in [0, 0.1) is 0 Å². The zero-order valence-electron chi connectivity index (χ0n) is 18.2. The van der Waals surface area contributed by atoms with Gasteiger partial charge in [-0.15, -0.1) is 0 Å². The summed E-state index contributed by atoms with van der Waals surface area (Å²) in [5, 5.41) is 3.35. The number of methoxy groups -OCH3 is 1. The van der Waals surface area contributed by atoms with E-state index >= 15 is 0 Å². The third-order valence-electron chi connectivity index (χ3n) is 4.53. The van der Waals surface area contributed by atoms with Crippen LogP contribution in [0.1, 0.15) is 25.0 Å². The third kappa shape index (κ3) is 6.25. The molecule has 0 saturated carbocycles. The zero-order valence-corrected chi connectivity index (χ0v) is 18.9. The van der Waals surface area contributed by atoms with E-state index in [1.807, 2.05) is 38.1 Å². The van der Waals surface area contributed by atoms with Crippen molar-refractivity contribution in [2.45, 2.75) is 26.5 Å². The first-order valence-corrected chi connectivity index (χ1v) is 10.5. The second kappa shape index (κ2) is 10.7. The Kier molecular flexibility index (Phi) is 7.73. The first kappa shape index (κ1) is 23.2. The number of hydrogen-bond donors (Lipinski definition) is 1. The van der Waals surface area contributed by atoms with Gasteiger partial charge in [0.15, 0.2) is 11.5 Å². The average molecular weight is 453 g/mol. The molecule has 7 heteroatoms. The predicted octanol–water partition coefficient (Wildman–Crippen LogP) is 5.00. The first-order chi connectivity index (χ1) is 15.4. The maximum absolute atomic E-state index is 12.4. The standard InChI is InChI=1S/C25H25ClN2O4/c1-17(2)32-22-11-8-18(14-23(22)31-3)9-12-24(29)27-20-10-13-25(30)28(16-20)15-19-6-4-5-7-21(19)26/h4-14,16-17H,15H2,1-3H3,(H,27,29)/b12-9+. The second-order valence-corrected chi connectivity index (χ2v) is 7.78. The summed E-state index contributed by atoms with van der Waals surface area (Å²) >= 11 is 6.19. The monoisotopic (exact) mass is 452 g/mol. The molecule has 0 radical (unpaired) electrons. The summed E-state index contributed by atoms with van der Waals surface area (Å²) in [5.41, 5.74) is 1.93. The van der Waals surface area contributed by atoms with Gasteiger partial charge in [-0.1, -0.05) is 35.9 Å². The van der Waals surface area contributed by atoms with Crippen LogP contribution in [0.15, 0.2) is 71.7 Å². The minimum absolute atomic E-state index is 0.0252. The molecule has 32 heavy (non-hydrogen) atoms. The highest BCUT2D eigenvalue weighted by atomic mass is 35.5. The number of amides is 1. The molecule has 0 bridgehead atoms. The fourth-order valence-electron chi connectivity index (χ4n) is 3.03. The molecule has 0 fully saturated rings. The number of carbonyl (C=O) groups excluding carboxylic acids is 1. The number of aromatic nitrogens is 1. The summed E-state index contributed by atoms with van der Waals surface area (Å²) in [6.45, 7) is 4.19. The van der Waals surface area contributed by atoms with Crippen molar-refractivity contribution >= 4 is 29.3 Å². The van der Waals surface area contributed by atoms with Gasteiger partial charge in [0, 0.05) is 23.4 Å². The summed E-state index contributed by atoms with van der Waals surface area (Å²) in [5.74, 6) is 0.909. The van der Waals surface area contributed by atoms with Crippen molar-refractivity contribution in [1.29, 1.82) is 0 Å². The zero-order chi connectivity index (χ0) is 23.1. The SMILES string of the molecule is COc1cc(/C=C/C(=O)Nc2ccc(=O)n(Cc3ccccc3Cl)c2)ccc1OC(C)C. The number of benzene rings is 2. The van der Waals surface area contributed by atoms with Gasteiger partial charge in [0.1, 0.15) is 0 Å². The predicted molar refractivity (Wildman–Crippen MR) is 128 cm³/mol. The number of anilines is 1. The Bertz CT molecular complexity index is 1180. The van der Waals surface area contributed by atoms with E-state index in [0.717, 1.165) is 11.1 Å². The van der Waals surface area contributed by atoms with Gasteiger partial charge < -0.3 is 19.4 Å². The summed E-state index contributed by atoms with van der Waals surface area (Å²) in [6, 6.07) is 15.7. The van der Waals surface area contributed by atoms with E-state index in [-0.39, 0.29) is 17.6 Å². The van der Waals surface area contributed by atoms with Crippen molar-refractivity contribution in [3.8, 4) is 11.5 Å². The fourth-order valence-corrected chi connectivity index (χ4v) is 3.23. The van der Waals surface area contributed by atoms with Gasteiger partial charge >= 0.3 is 0 Å². The van der Waals surface area contributed by atoms with E-state index < -0.39 is 0 Å². The van der Waals surface area contributed by atoms with E-state index in [4.69, 9.17) is 21.1 Å². The van der Waals surface area contributed by atoms with Crippen molar-refractivity contribution in [2.75, 3.05) is 12.4 Å². The number of nitrogens with zero attached hydrogens (tertiary/aromatic N) is 1. The van der Waals surface area contributed by atoms with Crippen molar-refractivity contribution in [3.63, 3.8) is 0 Å². The molecule has 3 aromatic rings. The number of carbonyl (C=O) groups is 1. The molecule has 0 spiro atoms. The normalized spacial score (nSPS) is 11.0. The van der Waals surface area contributed by atoms with Crippen LogP contribution in [0.4, 0.5) is 5.69 Å². The van der Waals surface area contributed by atoms with Gasteiger partial charge in [-0.25, -0.2) is 0 Å². The van der Waals surface area contributed by atoms with E-state index in [1.165, 1.54) is 16.7 Å². The molecule has 0 aliphatic heterocycles. The van der Waals surface area contributed by atoms with E-state index in [1.54, 1.807) is 43.6 Å². The molecule has 0 unspecified atom stereocenters. The number of halogens is 1. The summed E-state index contributed by atoms with van der Waals surface area (Å²) in [4.78, 5) is 24.6. The smallest absolute Gasteiger partial charge is 0.250 e. The Labute approximate surface area is 192 Å². The lowest BCUT2D eigenvalue weighted by Crippen LogP contribution is -2.20. The minimum Gasteiger partial charge on any atom is -0.493 e. The van der Waals surface area contributed by atoms with Gasteiger partial charge in [-0.3, -0.25) is 9.59 Å². The van der Waals surface area contributed by atoms with Gasteiger partial charge in [-0.05, 0) is 55.3 Å². The molecule has 1 heterocycles. The molecule has 0 aliphatic carbocycles. The van der Waals surface area contributed by atoms with Crippen LogP contribution in [-0.2, 0) is 11.3 Å². The Morgan fingerprint density at radius 3 is 2.62 bits per heavy atom. The second-order valence-electron chi connectivity index (χ2n) is 7.37. The van der Waals surface area contributed by atoms with Crippen LogP contribution in [0.3, 0.4) is 0 Å². The summed E-state index contributed by atoms with van der Waals surface area (Å²) in [7, 11) is 1.57. The molecule has 2 aromatic carbocycles. The molecule has 3 rings (SSSR count). The summed E-state index contributed by atoms with van der Waals surface area (Å²) in [6.07, 6.45) is 4.72. The van der Waals surface area contributed by atoms with E-state index in [0.29, 0.717) is 28.8 Å². The molecule has 1 aromatic heterocycles. The Balaban J connectivity index is 1.70. The largest absolute Gasteiger partial charge is 0.493 e. The van der Waals surface area contributed by atoms with Crippen LogP contribution in [-0.4, -0.2) is 23.7 Å². The average Bonchev–Trinajstić information content (AvgIpc) is 2.76. The Hall–Kier alpha value is -3.51. The number of rotatable bonds is 8. The quantitative estimate of drug-likeness (QED) is 0.488. The molecule has 0 atom stereocenters. The van der Waals surface area contributed by atoms with Crippen molar-refractivity contribution in [2.24, 2.45) is 0 Å². The van der Waals surface area contributed by atoms with Crippen LogP contribution in [0.25, 0.3) is 6.08 Å². The number of nitrogens with one attached hydrogen (secondary N) is 1. The van der Waals surface area contributed by atoms with Crippen LogP contribution >= 0.6 is 11.6 Å². The maximum atomic E-state index is 12.4. The van der Waals surface area contributed by atoms with Crippen LogP contribution in [0.5, 0.6) is 11.5 Å². The van der Waals surface area contributed by atoms with Crippen molar-refractivity contribution < 1.29 is 14.3 Å². The molecule has 0 saturated heterocycles. The molecule has 6 nitrogen and oxygen atoms in total. The molecule has 0 aliphatic rings. The lowest BCUT2D eigenvalue weighted by molar-refractivity contribution is -0.111. The van der Waals surface area contributed by atoms with Crippen LogP contribution in [0.2, 0.25) is 5.02 Å². The molecular formula is C25H25ClN2O4. The van der Waals surface area contributed by atoms with E-state index in [9.17, 15) is 9.59 Å². The van der Waals surface area contributed by atoms with Gasteiger partial charge in [-0.2, -0.15) is 0 Å². The minimum atomic E-state index is -0.325. The summed E-state index contributed by atoms with van der Waals surface area (Å²) < 4.78 is 12.6. The van der Waals surface area contributed by atoms with Gasteiger partial charge in [0.2, 0.25) is 5.91 Å². The third-order valence-corrected chi connectivity index (χ3v) is 4.90. The molecular weight excluding hydrogens is 428 g/mol. The lowest BCUT2D eigenvalue weighted by Gasteiger charge is -2.13. The maximum Gasteiger partial charge on any atom is 0.250 e. The Morgan fingerprint density at radius 2 is 1.91 bits per heavy atom. The van der Waals surface area contributed by atoms with Crippen LogP contribution < -0.4 is 20.3 Å². The van der Waals surface area contributed by atoms with E-state index in [2.05, 4.69) is 5.32 Å². The molecule has 1 amide bonds. The number of hydrogen-bond acceptors (Lipinski definition) is 4. The van der Waals surface area contributed by atoms with Gasteiger partial charge in [0.25, 0.3) is 5.56 Å². The van der Waals surface area contributed by atoms with Gasteiger partial charge in [0.05, 0.1) is 25.4 Å². The number of ether oxygens (including phenoxy) is 2. The Morgan fingerprint density at radius 1 is 1.12 bits per heavy atom. The first-order valence-electron chi connectivity index (χ1n) is 10.1. The number of pyridine rings is 1. The molecule has 166 valence electrons. The highest BCUT2D eigenvalue weighted by Gasteiger charge is 2.08. The topological polar surface area (TPSA) is 69.6 Å². The lowest BCUT2D eigenvalue weighted by atomic mass is 10.2. The van der Waals surface area contributed by atoms with Crippen molar-refractivity contribution in [3.05, 3.63) is 93.4 Å². The highest BCUT2D eigenvalue weighted by molar-refractivity contribution is 6.31. The highest BCUT2D eigenvalue weighted by Crippen LogP contribution is 2.29. The van der Waals surface area contributed by atoms with Crippen molar-refractivity contribution in [1.82, 2.24) is 4.57 Å². The fraction of sp³-hybridized carbons (Fsp3) is 0.200.